The fraction of sp³-hybridized carbons (Fsp3) is 1.00. The van der Waals surface area contributed by atoms with E-state index in [0.29, 0.717) is 0 Å². The number of hydrogen-bond acceptors (Lipinski definition) is 2. The Hall–Kier alpha value is -0.160. The Balaban J connectivity index is 4.02. The van der Waals surface area contributed by atoms with Crippen LogP contribution in [-0.2, 0) is 9.47 Å². The second-order valence-electron chi connectivity index (χ2n) is 16.4. The lowest BCUT2D eigenvalue weighted by molar-refractivity contribution is -0.902. The average Bonchev–Trinajstić information content (AvgIpc) is 3.03. The molecule has 0 saturated carbocycles. The summed E-state index contributed by atoms with van der Waals surface area (Å²) in [6.07, 6.45) is 40.1. The maximum atomic E-state index is 6.09. The molecule has 0 N–H and O–H groups in total. The number of ether oxygens (including phenoxy) is 2. The van der Waals surface area contributed by atoms with Crippen LogP contribution in [0.15, 0.2) is 0 Å². The van der Waals surface area contributed by atoms with Crippen LogP contribution in [0.4, 0.5) is 0 Å². The van der Waals surface area contributed by atoms with Crippen LogP contribution in [0.25, 0.3) is 0 Å². The second-order valence-corrected chi connectivity index (χ2v) is 16.4. The molecule has 0 bridgehead atoms. The molecule has 46 heavy (non-hydrogen) atoms. The Morgan fingerprint density at radius 2 is 0.522 bits per heavy atom. The van der Waals surface area contributed by atoms with Gasteiger partial charge >= 0.3 is 0 Å². The Labute approximate surface area is 292 Å². The molecule has 0 unspecified atom stereocenters. The van der Waals surface area contributed by atoms with E-state index in [-0.39, 0.29) is 12.2 Å². The first-order valence-electron chi connectivity index (χ1n) is 20.9. The van der Waals surface area contributed by atoms with Gasteiger partial charge in [-0.2, -0.15) is 0 Å². The zero-order valence-electron chi connectivity index (χ0n) is 33.5. The Morgan fingerprint density at radius 3 is 0.717 bits per heavy atom. The molecule has 0 aliphatic carbocycles. The van der Waals surface area contributed by atoms with Gasteiger partial charge < -0.3 is 18.4 Å². The molecule has 0 amide bonds. The van der Waals surface area contributed by atoms with E-state index in [1.807, 2.05) is 14.2 Å². The topological polar surface area (TPSA) is 18.5 Å². The van der Waals surface area contributed by atoms with Crippen molar-refractivity contribution in [1.82, 2.24) is 0 Å². The monoisotopic (exact) mass is 655 g/mol. The highest BCUT2D eigenvalue weighted by atomic mass is 16.5. The van der Waals surface area contributed by atoms with Crippen LogP contribution in [0.5, 0.6) is 0 Å². The van der Waals surface area contributed by atoms with Gasteiger partial charge in [0.2, 0.25) is 0 Å². The normalized spacial score (nSPS) is 13.8. The van der Waals surface area contributed by atoms with Gasteiger partial charge in [-0.15, -0.1) is 0 Å². The number of hydrogen-bond donors (Lipinski definition) is 0. The van der Waals surface area contributed by atoms with Gasteiger partial charge in [0.1, 0.15) is 25.3 Å². The number of rotatable bonds is 37. The van der Waals surface area contributed by atoms with E-state index in [4.69, 9.17) is 9.47 Å². The zero-order valence-corrected chi connectivity index (χ0v) is 33.5. The summed E-state index contributed by atoms with van der Waals surface area (Å²) < 4.78 is 14.2. The summed E-state index contributed by atoms with van der Waals surface area (Å²) in [6.45, 7) is 9.10. The van der Waals surface area contributed by atoms with Gasteiger partial charge in [0.25, 0.3) is 0 Å². The molecule has 0 aromatic heterocycles. The maximum Gasteiger partial charge on any atom is 0.137 e. The number of quaternary nitrogens is 2. The number of unbranched alkanes of at least 4 members (excludes halogenated alkanes) is 26. The van der Waals surface area contributed by atoms with E-state index in [0.717, 1.165) is 22.1 Å². The second kappa shape index (κ2) is 32.1. The summed E-state index contributed by atoms with van der Waals surface area (Å²) in [7, 11) is 13.3. The van der Waals surface area contributed by atoms with E-state index in [2.05, 4.69) is 42.0 Å². The molecule has 278 valence electrons. The number of nitrogens with zero attached hydrogens (tertiary/aromatic N) is 2. The zero-order chi connectivity index (χ0) is 34.2. The predicted octanol–water partition coefficient (Wildman–Crippen LogP) is 12.1. The molecule has 0 aliphatic heterocycles. The minimum atomic E-state index is 0.139. The van der Waals surface area contributed by atoms with Crippen molar-refractivity contribution in [3.8, 4) is 0 Å². The molecule has 0 aliphatic rings. The fourth-order valence-corrected chi connectivity index (χ4v) is 7.31. The molecular formula is C42H90N2O2+2. The summed E-state index contributed by atoms with van der Waals surface area (Å²) in [5, 5.41) is 0. The highest BCUT2D eigenvalue weighted by Crippen LogP contribution is 2.18. The Morgan fingerprint density at radius 1 is 0.326 bits per heavy atom. The van der Waals surface area contributed by atoms with Crippen molar-refractivity contribution in [2.45, 2.75) is 206 Å². The van der Waals surface area contributed by atoms with Crippen molar-refractivity contribution in [3.63, 3.8) is 0 Å². The van der Waals surface area contributed by atoms with Crippen molar-refractivity contribution in [3.05, 3.63) is 0 Å². The molecule has 0 spiro atoms. The SMILES string of the molecule is CCCCCCCCCCCCCCCC[N+](C)(C)C[C@H](OC)[C@H](C[N+](C)(C)CCCCCCCCCCCCCCCC)OC. The van der Waals surface area contributed by atoms with E-state index in [9.17, 15) is 0 Å². The molecule has 0 fully saturated rings. The van der Waals surface area contributed by atoms with Crippen molar-refractivity contribution < 1.29 is 18.4 Å². The third kappa shape index (κ3) is 29.9. The van der Waals surface area contributed by atoms with Crippen LogP contribution in [0.3, 0.4) is 0 Å². The van der Waals surface area contributed by atoms with Gasteiger partial charge in [0.15, 0.2) is 0 Å². The summed E-state index contributed by atoms with van der Waals surface area (Å²) in [4.78, 5) is 0. The molecule has 4 nitrogen and oxygen atoms in total. The van der Waals surface area contributed by atoms with Gasteiger partial charge in [-0.05, 0) is 25.7 Å². The molecule has 0 rings (SSSR count). The molecule has 0 aromatic rings. The highest BCUT2D eigenvalue weighted by molar-refractivity contribution is 4.70. The fourth-order valence-electron chi connectivity index (χ4n) is 7.31. The first-order valence-corrected chi connectivity index (χ1v) is 20.9. The van der Waals surface area contributed by atoms with Crippen molar-refractivity contribution in [1.29, 1.82) is 0 Å². The van der Waals surface area contributed by atoms with Crippen LogP contribution in [-0.4, -0.2) is 89.8 Å². The number of likely N-dealkylation sites (N-methyl/N-ethyl adjacent to an activating group) is 2. The maximum absolute atomic E-state index is 6.09. The van der Waals surface area contributed by atoms with Gasteiger partial charge in [-0.3, -0.25) is 0 Å². The van der Waals surface area contributed by atoms with Gasteiger partial charge in [-0.25, -0.2) is 0 Å². The third-order valence-electron chi connectivity index (χ3n) is 10.6. The van der Waals surface area contributed by atoms with Gasteiger partial charge in [0.05, 0.1) is 41.3 Å². The predicted molar refractivity (Wildman–Crippen MR) is 206 cm³/mol. The summed E-state index contributed by atoms with van der Waals surface area (Å²) in [5.74, 6) is 0. The third-order valence-corrected chi connectivity index (χ3v) is 10.6. The Kier molecular flexibility index (Phi) is 32.0. The van der Waals surface area contributed by atoms with E-state index in [1.165, 1.54) is 193 Å². The standard InChI is InChI=1S/C42H90N2O2/c1-9-11-13-15-17-19-21-23-25-27-29-31-33-35-37-43(3,4)39-41(45-7)42(46-8)40-44(5,6)38-36-34-32-30-28-26-24-22-20-18-16-14-12-10-2/h41-42H,9-40H2,1-8H3/q+2/t41-,42-/m0/s1. The van der Waals surface area contributed by atoms with Crippen LogP contribution < -0.4 is 0 Å². The van der Waals surface area contributed by atoms with E-state index >= 15 is 0 Å². The molecule has 0 aromatic carbocycles. The summed E-state index contributed by atoms with van der Waals surface area (Å²) in [6, 6.07) is 0. The smallest absolute Gasteiger partial charge is 0.137 e. The Bertz CT molecular complexity index is 556. The lowest BCUT2D eigenvalue weighted by Crippen LogP contribution is -2.55. The van der Waals surface area contributed by atoms with Crippen molar-refractivity contribution in [2.75, 3.05) is 68.6 Å². The molecule has 4 heteroatoms. The largest absolute Gasteiger partial charge is 0.373 e. The van der Waals surface area contributed by atoms with Gasteiger partial charge in [0, 0.05) is 14.2 Å². The quantitative estimate of drug-likeness (QED) is 0.0490. The molecule has 0 saturated heterocycles. The van der Waals surface area contributed by atoms with Crippen LogP contribution in [0, 0.1) is 0 Å². The minimum Gasteiger partial charge on any atom is -0.373 e. The van der Waals surface area contributed by atoms with Crippen LogP contribution in [0.2, 0.25) is 0 Å². The first-order chi connectivity index (χ1) is 22.2. The molecule has 0 heterocycles. The van der Waals surface area contributed by atoms with E-state index < -0.39 is 0 Å². The molecule has 0 radical (unpaired) electrons. The van der Waals surface area contributed by atoms with Crippen molar-refractivity contribution >= 4 is 0 Å². The highest BCUT2D eigenvalue weighted by Gasteiger charge is 2.33. The minimum absolute atomic E-state index is 0.139. The first kappa shape index (κ1) is 45.8. The van der Waals surface area contributed by atoms with Crippen LogP contribution in [0.1, 0.15) is 194 Å². The lowest BCUT2D eigenvalue weighted by atomic mass is 10.0. The summed E-state index contributed by atoms with van der Waals surface area (Å²) >= 11 is 0. The van der Waals surface area contributed by atoms with Crippen LogP contribution >= 0.6 is 0 Å². The number of methoxy groups -OCH3 is 2. The van der Waals surface area contributed by atoms with Gasteiger partial charge in [-0.1, -0.05) is 168 Å². The van der Waals surface area contributed by atoms with E-state index in [1.54, 1.807) is 0 Å². The summed E-state index contributed by atoms with van der Waals surface area (Å²) in [5.41, 5.74) is 0. The lowest BCUT2D eigenvalue weighted by Gasteiger charge is -2.39. The average molecular weight is 655 g/mol. The van der Waals surface area contributed by atoms with Crippen molar-refractivity contribution in [2.24, 2.45) is 0 Å². The molecule has 2 atom stereocenters. The molecular weight excluding hydrogens is 564 g/mol.